The van der Waals surface area contributed by atoms with Crippen LogP contribution >= 0.6 is 11.6 Å². The lowest BCUT2D eigenvalue weighted by molar-refractivity contribution is -0.117. The number of likely N-dealkylation sites (tertiary alicyclic amines) is 1. The van der Waals surface area contributed by atoms with Crippen molar-refractivity contribution in [3.8, 4) is 0 Å². The van der Waals surface area contributed by atoms with Crippen LogP contribution in [0.3, 0.4) is 0 Å². The fourth-order valence-corrected chi connectivity index (χ4v) is 2.73. The largest absolute Gasteiger partial charge is 0.326 e. The maximum absolute atomic E-state index is 12.0. The Morgan fingerprint density at radius 3 is 2.79 bits per heavy atom. The van der Waals surface area contributed by atoms with Gasteiger partial charge in [0.1, 0.15) is 0 Å². The molecule has 1 amide bonds. The lowest BCUT2D eigenvalue weighted by Gasteiger charge is -2.31. The molecule has 0 spiro atoms. The SMILES string of the molecule is CC(CC(=O)Nc1cccc(Cl)c1)N1CCCCC1. The average Bonchev–Trinajstić information content (AvgIpc) is 2.39. The number of benzene rings is 1. The van der Waals surface area contributed by atoms with Crippen molar-refractivity contribution in [3.63, 3.8) is 0 Å². The molecule has 0 radical (unpaired) electrons. The van der Waals surface area contributed by atoms with E-state index in [4.69, 9.17) is 11.6 Å². The lowest BCUT2D eigenvalue weighted by atomic mass is 10.1. The molecule has 104 valence electrons. The number of carbonyl (C=O) groups excluding carboxylic acids is 1. The Morgan fingerprint density at radius 2 is 2.11 bits per heavy atom. The van der Waals surface area contributed by atoms with E-state index < -0.39 is 0 Å². The van der Waals surface area contributed by atoms with Crippen LogP contribution in [0.25, 0.3) is 0 Å². The number of halogens is 1. The molecule has 19 heavy (non-hydrogen) atoms. The molecule has 0 aliphatic carbocycles. The zero-order chi connectivity index (χ0) is 13.7. The van der Waals surface area contributed by atoms with Crippen LogP contribution in [0, 0.1) is 0 Å². The molecule has 1 atom stereocenters. The van der Waals surface area contributed by atoms with Crippen LogP contribution in [0.1, 0.15) is 32.6 Å². The minimum absolute atomic E-state index is 0.0559. The highest BCUT2D eigenvalue weighted by molar-refractivity contribution is 6.30. The quantitative estimate of drug-likeness (QED) is 0.915. The van der Waals surface area contributed by atoms with Crippen molar-refractivity contribution in [1.82, 2.24) is 4.90 Å². The highest BCUT2D eigenvalue weighted by atomic mass is 35.5. The highest BCUT2D eigenvalue weighted by Crippen LogP contribution is 2.17. The molecular formula is C15H21ClN2O. The van der Waals surface area contributed by atoms with E-state index in [0.717, 1.165) is 18.8 Å². The summed E-state index contributed by atoms with van der Waals surface area (Å²) < 4.78 is 0. The predicted molar refractivity (Wildman–Crippen MR) is 79.6 cm³/mol. The number of hydrogen-bond acceptors (Lipinski definition) is 2. The van der Waals surface area contributed by atoms with E-state index in [9.17, 15) is 4.79 Å². The normalized spacial score (nSPS) is 18.0. The van der Waals surface area contributed by atoms with Crippen LogP contribution in [0.15, 0.2) is 24.3 Å². The number of rotatable bonds is 4. The Labute approximate surface area is 119 Å². The number of nitrogens with zero attached hydrogens (tertiary/aromatic N) is 1. The van der Waals surface area contributed by atoms with Gasteiger partial charge in [-0.3, -0.25) is 4.79 Å². The third-order valence-corrected chi connectivity index (χ3v) is 3.84. The van der Waals surface area contributed by atoms with E-state index in [-0.39, 0.29) is 5.91 Å². The molecule has 1 unspecified atom stereocenters. The summed E-state index contributed by atoms with van der Waals surface area (Å²) in [5.41, 5.74) is 0.767. The molecule has 1 saturated heterocycles. The molecule has 3 nitrogen and oxygen atoms in total. The maximum atomic E-state index is 12.0. The number of nitrogens with one attached hydrogen (secondary N) is 1. The van der Waals surface area contributed by atoms with Gasteiger partial charge in [0.05, 0.1) is 0 Å². The van der Waals surface area contributed by atoms with E-state index in [0.29, 0.717) is 17.5 Å². The van der Waals surface area contributed by atoms with Gasteiger partial charge < -0.3 is 10.2 Å². The van der Waals surface area contributed by atoms with Gasteiger partial charge in [-0.15, -0.1) is 0 Å². The van der Waals surface area contributed by atoms with Crippen LogP contribution < -0.4 is 5.32 Å². The van der Waals surface area contributed by atoms with Gasteiger partial charge in [-0.25, -0.2) is 0 Å². The number of anilines is 1. The van der Waals surface area contributed by atoms with Crippen LogP contribution in [-0.4, -0.2) is 29.9 Å². The van der Waals surface area contributed by atoms with Crippen molar-refractivity contribution in [1.29, 1.82) is 0 Å². The fraction of sp³-hybridized carbons (Fsp3) is 0.533. The van der Waals surface area contributed by atoms with Crippen molar-refractivity contribution in [2.45, 2.75) is 38.6 Å². The van der Waals surface area contributed by atoms with Gasteiger partial charge in [-0.1, -0.05) is 24.1 Å². The maximum Gasteiger partial charge on any atom is 0.225 e. The van der Waals surface area contributed by atoms with Crippen molar-refractivity contribution in [2.24, 2.45) is 0 Å². The van der Waals surface area contributed by atoms with E-state index in [1.54, 1.807) is 12.1 Å². The van der Waals surface area contributed by atoms with E-state index >= 15 is 0 Å². The second-order valence-corrected chi connectivity index (χ2v) is 5.64. The van der Waals surface area contributed by atoms with Gasteiger partial charge in [-0.2, -0.15) is 0 Å². The second kappa shape index (κ2) is 6.92. The first-order valence-corrected chi connectivity index (χ1v) is 7.32. The summed E-state index contributed by atoms with van der Waals surface area (Å²) in [5, 5.41) is 3.54. The molecular weight excluding hydrogens is 260 g/mol. The predicted octanol–water partition coefficient (Wildman–Crippen LogP) is 3.54. The minimum atomic E-state index is 0.0559. The topological polar surface area (TPSA) is 32.3 Å². The molecule has 0 saturated carbocycles. The molecule has 1 heterocycles. The Kier molecular flexibility index (Phi) is 5.23. The highest BCUT2D eigenvalue weighted by Gasteiger charge is 2.19. The third-order valence-electron chi connectivity index (χ3n) is 3.60. The number of carbonyl (C=O) groups is 1. The number of amides is 1. The van der Waals surface area contributed by atoms with Crippen LogP contribution in [0.5, 0.6) is 0 Å². The Hall–Kier alpha value is -1.06. The lowest BCUT2D eigenvalue weighted by Crippen LogP contribution is -2.39. The summed E-state index contributed by atoms with van der Waals surface area (Å²) in [7, 11) is 0. The zero-order valence-corrected chi connectivity index (χ0v) is 12.1. The fourth-order valence-electron chi connectivity index (χ4n) is 2.53. The van der Waals surface area contributed by atoms with E-state index in [1.807, 2.05) is 12.1 Å². The van der Waals surface area contributed by atoms with Gasteiger partial charge in [-0.05, 0) is 51.1 Å². The zero-order valence-electron chi connectivity index (χ0n) is 11.4. The first-order valence-electron chi connectivity index (χ1n) is 6.94. The Morgan fingerprint density at radius 1 is 1.37 bits per heavy atom. The number of piperidine rings is 1. The number of hydrogen-bond donors (Lipinski definition) is 1. The monoisotopic (exact) mass is 280 g/mol. The summed E-state index contributed by atoms with van der Waals surface area (Å²) in [6.45, 7) is 4.36. The summed E-state index contributed by atoms with van der Waals surface area (Å²) in [5.74, 6) is 0.0559. The third kappa shape index (κ3) is 4.51. The molecule has 0 aromatic heterocycles. The van der Waals surface area contributed by atoms with Gasteiger partial charge >= 0.3 is 0 Å². The molecule has 1 aromatic carbocycles. The minimum Gasteiger partial charge on any atom is -0.326 e. The van der Waals surface area contributed by atoms with E-state index in [1.165, 1.54) is 19.3 Å². The summed E-state index contributed by atoms with van der Waals surface area (Å²) in [6, 6.07) is 7.57. The first-order chi connectivity index (χ1) is 9.15. The van der Waals surface area contributed by atoms with Gasteiger partial charge in [0, 0.05) is 23.2 Å². The molecule has 1 N–H and O–H groups in total. The molecule has 1 aromatic rings. The Bertz CT molecular complexity index is 430. The van der Waals surface area contributed by atoms with Gasteiger partial charge in [0.25, 0.3) is 0 Å². The van der Waals surface area contributed by atoms with Crippen LogP contribution in [0.4, 0.5) is 5.69 Å². The van der Waals surface area contributed by atoms with Crippen molar-refractivity contribution in [2.75, 3.05) is 18.4 Å². The molecule has 2 rings (SSSR count). The van der Waals surface area contributed by atoms with Crippen molar-refractivity contribution in [3.05, 3.63) is 29.3 Å². The Balaban J connectivity index is 1.83. The summed E-state index contributed by atoms with van der Waals surface area (Å²) in [4.78, 5) is 14.4. The van der Waals surface area contributed by atoms with Crippen molar-refractivity contribution >= 4 is 23.2 Å². The molecule has 1 aliphatic rings. The summed E-state index contributed by atoms with van der Waals surface area (Å²) >= 11 is 5.90. The molecule has 4 heteroatoms. The van der Waals surface area contributed by atoms with E-state index in [2.05, 4.69) is 17.1 Å². The van der Waals surface area contributed by atoms with Gasteiger partial charge in [0.2, 0.25) is 5.91 Å². The van der Waals surface area contributed by atoms with Crippen LogP contribution in [0.2, 0.25) is 5.02 Å². The average molecular weight is 281 g/mol. The smallest absolute Gasteiger partial charge is 0.225 e. The molecule has 1 fully saturated rings. The standard InChI is InChI=1S/C15H21ClN2O/c1-12(18-8-3-2-4-9-18)10-15(19)17-14-7-5-6-13(16)11-14/h5-7,11-12H,2-4,8-10H2,1H3,(H,17,19). The van der Waals surface area contributed by atoms with Gasteiger partial charge in [0.15, 0.2) is 0 Å². The first kappa shape index (κ1) is 14.4. The molecule has 0 bridgehead atoms. The molecule has 1 aliphatic heterocycles. The van der Waals surface area contributed by atoms with Crippen LogP contribution in [-0.2, 0) is 4.79 Å². The van der Waals surface area contributed by atoms with Crippen molar-refractivity contribution < 1.29 is 4.79 Å². The second-order valence-electron chi connectivity index (χ2n) is 5.21. The summed E-state index contributed by atoms with van der Waals surface area (Å²) in [6.07, 6.45) is 4.35.